The summed E-state index contributed by atoms with van der Waals surface area (Å²) < 4.78 is 1.45. The van der Waals surface area contributed by atoms with Gasteiger partial charge >= 0.3 is 0 Å². The fourth-order valence-electron chi connectivity index (χ4n) is 1.80. The maximum absolute atomic E-state index is 11.9. The molecular weight excluding hydrogens is 208 g/mol. The van der Waals surface area contributed by atoms with Crippen molar-refractivity contribution in [1.82, 2.24) is 30.0 Å². The molecule has 1 aliphatic heterocycles. The van der Waals surface area contributed by atoms with Gasteiger partial charge in [-0.25, -0.2) is 4.68 Å². The van der Waals surface area contributed by atoms with Crippen LogP contribution in [0.25, 0.3) is 0 Å². The Morgan fingerprint density at radius 2 is 2.06 bits per heavy atom. The maximum atomic E-state index is 11.9. The summed E-state index contributed by atoms with van der Waals surface area (Å²) in [4.78, 5) is 16.1. The van der Waals surface area contributed by atoms with E-state index in [1.807, 2.05) is 4.90 Å². The van der Waals surface area contributed by atoms with Crippen LogP contribution in [0.4, 0.5) is 0 Å². The van der Waals surface area contributed by atoms with Gasteiger partial charge in [-0.15, -0.1) is 5.10 Å². The topological polar surface area (TPSA) is 67.2 Å². The van der Waals surface area contributed by atoms with Crippen LogP contribution in [0, 0.1) is 0 Å². The Morgan fingerprint density at radius 3 is 2.62 bits per heavy atom. The zero-order chi connectivity index (χ0) is 11.4. The number of carbonyl (C=O) groups is 1. The van der Waals surface area contributed by atoms with Crippen molar-refractivity contribution in [2.24, 2.45) is 0 Å². The first kappa shape index (κ1) is 11.0. The van der Waals surface area contributed by atoms with Gasteiger partial charge in [-0.2, -0.15) is 0 Å². The zero-order valence-electron chi connectivity index (χ0n) is 9.41. The Morgan fingerprint density at radius 1 is 1.31 bits per heavy atom. The van der Waals surface area contributed by atoms with E-state index in [4.69, 9.17) is 0 Å². The molecule has 16 heavy (non-hydrogen) atoms. The minimum Gasteiger partial charge on any atom is -0.339 e. The molecule has 0 atom stereocenters. The van der Waals surface area contributed by atoms with Gasteiger partial charge in [-0.05, 0) is 17.0 Å². The maximum Gasteiger partial charge on any atom is 0.244 e. The van der Waals surface area contributed by atoms with E-state index in [-0.39, 0.29) is 12.5 Å². The molecule has 0 saturated carbocycles. The van der Waals surface area contributed by atoms with E-state index in [9.17, 15) is 4.79 Å². The number of tetrazole rings is 1. The van der Waals surface area contributed by atoms with Gasteiger partial charge in [0.15, 0.2) is 0 Å². The lowest BCUT2D eigenvalue weighted by Gasteiger charge is -2.33. The third kappa shape index (κ3) is 2.54. The minimum atomic E-state index is 0.0862. The monoisotopic (exact) mass is 224 g/mol. The smallest absolute Gasteiger partial charge is 0.244 e. The van der Waals surface area contributed by atoms with Crippen LogP contribution in [0.2, 0.25) is 0 Å². The highest BCUT2D eigenvalue weighted by Gasteiger charge is 2.20. The second kappa shape index (κ2) is 5.02. The number of amides is 1. The highest BCUT2D eigenvalue weighted by molar-refractivity contribution is 5.75. The molecule has 88 valence electrons. The first-order chi connectivity index (χ1) is 7.79. The summed E-state index contributed by atoms with van der Waals surface area (Å²) in [6, 6.07) is 0. The van der Waals surface area contributed by atoms with Crippen LogP contribution in [0.1, 0.15) is 6.92 Å². The molecule has 1 saturated heterocycles. The summed E-state index contributed by atoms with van der Waals surface area (Å²) in [6.45, 7) is 6.94. The summed E-state index contributed by atoms with van der Waals surface area (Å²) in [5, 5.41) is 10.7. The molecule has 7 heteroatoms. The molecule has 1 amide bonds. The van der Waals surface area contributed by atoms with E-state index >= 15 is 0 Å². The number of nitrogens with zero attached hydrogens (tertiary/aromatic N) is 6. The van der Waals surface area contributed by atoms with E-state index in [2.05, 4.69) is 27.3 Å². The number of rotatable bonds is 3. The summed E-state index contributed by atoms with van der Waals surface area (Å²) in [5.41, 5.74) is 0. The van der Waals surface area contributed by atoms with E-state index in [0.717, 1.165) is 32.7 Å². The van der Waals surface area contributed by atoms with Crippen molar-refractivity contribution in [2.45, 2.75) is 13.5 Å². The second-order valence-electron chi connectivity index (χ2n) is 3.82. The molecule has 1 aromatic heterocycles. The number of aromatic nitrogens is 4. The van der Waals surface area contributed by atoms with E-state index in [0.29, 0.717) is 0 Å². The van der Waals surface area contributed by atoms with Crippen molar-refractivity contribution >= 4 is 5.91 Å². The molecule has 0 radical (unpaired) electrons. The van der Waals surface area contributed by atoms with Crippen LogP contribution in [-0.4, -0.2) is 68.6 Å². The fraction of sp³-hybridized carbons (Fsp3) is 0.778. The molecule has 7 nitrogen and oxygen atoms in total. The van der Waals surface area contributed by atoms with Crippen molar-refractivity contribution in [3.8, 4) is 0 Å². The van der Waals surface area contributed by atoms with Gasteiger partial charge in [0.25, 0.3) is 0 Å². The van der Waals surface area contributed by atoms with Crippen molar-refractivity contribution in [2.75, 3.05) is 32.7 Å². The number of piperazine rings is 1. The number of hydrogen-bond acceptors (Lipinski definition) is 5. The Bertz CT molecular complexity index is 330. The largest absolute Gasteiger partial charge is 0.339 e. The SMILES string of the molecule is CCN1CCN(C(=O)Cn2cnnn2)CC1. The fourth-order valence-corrected chi connectivity index (χ4v) is 1.80. The molecule has 0 N–H and O–H groups in total. The van der Waals surface area contributed by atoms with Crippen LogP contribution in [0.5, 0.6) is 0 Å². The van der Waals surface area contributed by atoms with E-state index < -0.39 is 0 Å². The number of hydrogen-bond donors (Lipinski definition) is 0. The van der Waals surface area contributed by atoms with Crippen LogP contribution in [0.15, 0.2) is 6.33 Å². The summed E-state index contributed by atoms with van der Waals surface area (Å²) in [5.74, 6) is 0.0862. The molecular formula is C9H16N6O. The molecule has 0 unspecified atom stereocenters. The quantitative estimate of drug-likeness (QED) is 0.647. The molecule has 1 fully saturated rings. The molecule has 2 heterocycles. The van der Waals surface area contributed by atoms with E-state index in [1.54, 1.807) is 0 Å². The predicted octanol–water partition coefficient (Wildman–Crippen LogP) is -1.16. The summed E-state index contributed by atoms with van der Waals surface area (Å²) in [7, 11) is 0. The molecule has 0 aromatic carbocycles. The van der Waals surface area contributed by atoms with Crippen LogP contribution in [0.3, 0.4) is 0 Å². The van der Waals surface area contributed by atoms with Gasteiger partial charge in [0, 0.05) is 26.2 Å². The van der Waals surface area contributed by atoms with Crippen molar-refractivity contribution in [3.63, 3.8) is 0 Å². The molecule has 0 bridgehead atoms. The van der Waals surface area contributed by atoms with Crippen LogP contribution in [-0.2, 0) is 11.3 Å². The predicted molar refractivity (Wildman–Crippen MR) is 56.5 cm³/mol. The van der Waals surface area contributed by atoms with Crippen molar-refractivity contribution in [3.05, 3.63) is 6.33 Å². The first-order valence-corrected chi connectivity index (χ1v) is 5.50. The van der Waals surface area contributed by atoms with Gasteiger partial charge in [-0.1, -0.05) is 6.92 Å². The average molecular weight is 224 g/mol. The van der Waals surface area contributed by atoms with Gasteiger partial charge in [0.2, 0.25) is 5.91 Å². The lowest BCUT2D eigenvalue weighted by molar-refractivity contribution is -0.133. The van der Waals surface area contributed by atoms with Crippen LogP contribution >= 0.6 is 0 Å². The minimum absolute atomic E-state index is 0.0862. The van der Waals surface area contributed by atoms with Crippen LogP contribution < -0.4 is 0 Å². The Hall–Kier alpha value is -1.50. The van der Waals surface area contributed by atoms with Gasteiger partial charge in [0.05, 0.1) is 0 Å². The Kier molecular flexibility index (Phi) is 3.45. The molecule has 2 rings (SSSR count). The Labute approximate surface area is 94.0 Å². The summed E-state index contributed by atoms with van der Waals surface area (Å²) in [6.07, 6.45) is 1.46. The van der Waals surface area contributed by atoms with Gasteiger partial charge < -0.3 is 9.80 Å². The number of carbonyl (C=O) groups excluding carboxylic acids is 1. The lowest BCUT2D eigenvalue weighted by Crippen LogP contribution is -2.49. The third-order valence-corrected chi connectivity index (χ3v) is 2.86. The van der Waals surface area contributed by atoms with Crippen molar-refractivity contribution < 1.29 is 4.79 Å². The zero-order valence-corrected chi connectivity index (χ0v) is 9.41. The van der Waals surface area contributed by atoms with Gasteiger partial charge in [-0.3, -0.25) is 4.79 Å². The normalized spacial score (nSPS) is 17.7. The molecule has 1 aromatic rings. The average Bonchev–Trinajstić information content (AvgIpc) is 2.82. The molecule has 0 spiro atoms. The standard InChI is InChI=1S/C9H16N6O/c1-2-13-3-5-14(6-4-13)9(16)7-15-8-10-11-12-15/h8H,2-7H2,1H3. The number of likely N-dealkylation sites (N-methyl/N-ethyl adjacent to an activating group) is 1. The van der Waals surface area contributed by atoms with Crippen molar-refractivity contribution in [1.29, 1.82) is 0 Å². The summed E-state index contributed by atoms with van der Waals surface area (Å²) >= 11 is 0. The molecule has 0 aliphatic carbocycles. The highest BCUT2D eigenvalue weighted by atomic mass is 16.2. The lowest BCUT2D eigenvalue weighted by atomic mass is 10.3. The third-order valence-electron chi connectivity index (χ3n) is 2.86. The van der Waals surface area contributed by atoms with E-state index in [1.165, 1.54) is 11.0 Å². The highest BCUT2D eigenvalue weighted by Crippen LogP contribution is 2.02. The first-order valence-electron chi connectivity index (χ1n) is 5.50. The van der Waals surface area contributed by atoms with Gasteiger partial charge in [0.1, 0.15) is 12.9 Å². The second-order valence-corrected chi connectivity index (χ2v) is 3.82. The molecule has 1 aliphatic rings. The Balaban J connectivity index is 1.82.